The van der Waals surface area contributed by atoms with Crippen molar-refractivity contribution in [2.45, 2.75) is 39.7 Å². The summed E-state index contributed by atoms with van der Waals surface area (Å²) in [6, 6.07) is 5.59. The van der Waals surface area contributed by atoms with Gasteiger partial charge in [0.25, 0.3) is 0 Å². The van der Waals surface area contributed by atoms with Crippen LogP contribution in [0.5, 0.6) is 0 Å². The topological polar surface area (TPSA) is 37.3 Å². The lowest BCUT2D eigenvalue weighted by molar-refractivity contribution is 0.0390. The van der Waals surface area contributed by atoms with Crippen LogP contribution in [0.4, 0.5) is 0 Å². The molecule has 15 heavy (non-hydrogen) atoms. The van der Waals surface area contributed by atoms with Gasteiger partial charge >= 0.3 is 0 Å². The maximum atomic E-state index is 12.0. The van der Waals surface area contributed by atoms with Gasteiger partial charge in [-0.1, -0.05) is 25.1 Å². The average Bonchev–Trinajstić information content (AvgIpc) is 2.21. The first kappa shape index (κ1) is 11.9. The molecular weight excluding hydrogens is 188 g/mol. The van der Waals surface area contributed by atoms with Crippen LogP contribution in [0.25, 0.3) is 0 Å². The molecule has 1 atom stereocenters. The zero-order valence-electron chi connectivity index (χ0n) is 9.79. The maximum Gasteiger partial charge on any atom is 0.194 e. The summed E-state index contributed by atoms with van der Waals surface area (Å²) in [5, 5.41) is 9.91. The quantitative estimate of drug-likeness (QED) is 0.772. The molecule has 0 aliphatic heterocycles. The second-order valence-corrected chi connectivity index (χ2v) is 4.20. The van der Waals surface area contributed by atoms with Crippen LogP contribution < -0.4 is 0 Å². The van der Waals surface area contributed by atoms with Crippen LogP contribution in [0.15, 0.2) is 18.2 Å². The van der Waals surface area contributed by atoms with Gasteiger partial charge in [0.1, 0.15) is 5.60 Å². The number of ketones is 1. The van der Waals surface area contributed by atoms with E-state index in [4.69, 9.17) is 0 Å². The smallest absolute Gasteiger partial charge is 0.194 e. The number of benzene rings is 1. The molecular formula is C13H18O2. The summed E-state index contributed by atoms with van der Waals surface area (Å²) < 4.78 is 0. The number of hydrogen-bond donors (Lipinski definition) is 1. The van der Waals surface area contributed by atoms with Gasteiger partial charge in [-0.05, 0) is 38.3 Å². The number of aliphatic hydroxyl groups is 1. The lowest BCUT2D eigenvalue weighted by atomic mass is 9.89. The Kier molecular flexibility index (Phi) is 3.30. The van der Waals surface area contributed by atoms with Crippen molar-refractivity contribution in [2.75, 3.05) is 0 Å². The molecule has 1 aromatic carbocycles. The van der Waals surface area contributed by atoms with Gasteiger partial charge < -0.3 is 5.11 Å². The number of carbonyl (C=O) groups excluding carboxylic acids is 1. The molecule has 1 aromatic rings. The Morgan fingerprint density at radius 3 is 2.53 bits per heavy atom. The van der Waals surface area contributed by atoms with Crippen LogP contribution in [0.2, 0.25) is 0 Å². The number of Topliss-reactive ketones (excluding diaryl/α,β-unsaturated/α-hetero) is 1. The number of carbonyl (C=O) groups is 1. The van der Waals surface area contributed by atoms with Crippen molar-refractivity contribution in [3.8, 4) is 0 Å². The highest BCUT2D eigenvalue weighted by atomic mass is 16.3. The molecule has 0 saturated carbocycles. The van der Waals surface area contributed by atoms with Crippen molar-refractivity contribution in [3.05, 3.63) is 34.9 Å². The Labute approximate surface area is 90.9 Å². The molecule has 2 heteroatoms. The van der Waals surface area contributed by atoms with Crippen LogP contribution in [0.3, 0.4) is 0 Å². The monoisotopic (exact) mass is 206 g/mol. The first-order valence-electron chi connectivity index (χ1n) is 5.23. The summed E-state index contributed by atoms with van der Waals surface area (Å²) in [4.78, 5) is 12.0. The fourth-order valence-electron chi connectivity index (χ4n) is 1.45. The molecule has 1 unspecified atom stereocenters. The van der Waals surface area contributed by atoms with E-state index in [2.05, 4.69) is 0 Å². The first-order valence-corrected chi connectivity index (χ1v) is 5.23. The van der Waals surface area contributed by atoms with Gasteiger partial charge in [0.05, 0.1) is 0 Å². The van der Waals surface area contributed by atoms with Gasteiger partial charge in [0, 0.05) is 5.56 Å². The van der Waals surface area contributed by atoms with Gasteiger partial charge in [0.2, 0.25) is 0 Å². The summed E-state index contributed by atoms with van der Waals surface area (Å²) in [6.07, 6.45) is 0.430. The molecule has 0 saturated heterocycles. The molecule has 0 bridgehead atoms. The number of hydrogen-bond acceptors (Lipinski definition) is 2. The van der Waals surface area contributed by atoms with Crippen LogP contribution in [0.1, 0.15) is 41.8 Å². The van der Waals surface area contributed by atoms with E-state index in [9.17, 15) is 9.90 Å². The first-order chi connectivity index (χ1) is 6.90. The third kappa shape index (κ3) is 2.26. The Morgan fingerprint density at radius 2 is 2.00 bits per heavy atom. The molecule has 82 valence electrons. The summed E-state index contributed by atoms with van der Waals surface area (Å²) in [6.45, 7) is 7.25. The Hall–Kier alpha value is -1.15. The fraction of sp³-hybridized carbons (Fsp3) is 0.462. The van der Waals surface area contributed by atoms with Crippen molar-refractivity contribution in [1.82, 2.24) is 0 Å². The highest BCUT2D eigenvalue weighted by Gasteiger charge is 2.29. The minimum Gasteiger partial charge on any atom is -0.382 e. The predicted octanol–water partition coefficient (Wildman–Crippen LogP) is 2.65. The van der Waals surface area contributed by atoms with Crippen LogP contribution >= 0.6 is 0 Å². The molecule has 0 fully saturated rings. The summed E-state index contributed by atoms with van der Waals surface area (Å²) in [5.74, 6) is -0.189. The molecule has 0 aliphatic carbocycles. The molecule has 0 spiro atoms. The molecule has 2 nitrogen and oxygen atoms in total. The number of rotatable bonds is 3. The normalized spacial score (nSPS) is 14.7. The van der Waals surface area contributed by atoms with Crippen LogP contribution in [-0.4, -0.2) is 16.5 Å². The standard InChI is InChI=1S/C13H18O2/c1-5-13(4,15)12(14)11-8-6-7-9(2)10(11)3/h6-8,15H,5H2,1-4H3. The molecule has 0 radical (unpaired) electrons. The SMILES string of the molecule is CCC(C)(O)C(=O)c1cccc(C)c1C. The minimum absolute atomic E-state index is 0.189. The highest BCUT2D eigenvalue weighted by Crippen LogP contribution is 2.21. The second kappa shape index (κ2) is 4.15. The van der Waals surface area contributed by atoms with Crippen molar-refractivity contribution in [1.29, 1.82) is 0 Å². The molecule has 1 rings (SSSR count). The van der Waals surface area contributed by atoms with E-state index in [0.29, 0.717) is 12.0 Å². The maximum absolute atomic E-state index is 12.0. The van der Waals surface area contributed by atoms with Gasteiger partial charge in [-0.15, -0.1) is 0 Å². The van der Waals surface area contributed by atoms with E-state index in [1.165, 1.54) is 0 Å². The van der Waals surface area contributed by atoms with Gasteiger partial charge in [0.15, 0.2) is 5.78 Å². The average molecular weight is 206 g/mol. The highest BCUT2D eigenvalue weighted by molar-refractivity contribution is 6.03. The van der Waals surface area contributed by atoms with E-state index in [0.717, 1.165) is 11.1 Å². The summed E-state index contributed by atoms with van der Waals surface area (Å²) in [5.41, 5.74) is 1.41. The molecule has 1 N–H and O–H groups in total. The Balaban J connectivity index is 3.18. The Morgan fingerprint density at radius 1 is 1.40 bits per heavy atom. The third-order valence-electron chi connectivity index (χ3n) is 3.03. The summed E-state index contributed by atoms with van der Waals surface area (Å²) in [7, 11) is 0. The van der Waals surface area contributed by atoms with Crippen molar-refractivity contribution >= 4 is 5.78 Å². The lowest BCUT2D eigenvalue weighted by Crippen LogP contribution is -2.34. The van der Waals surface area contributed by atoms with Crippen LogP contribution in [-0.2, 0) is 0 Å². The van der Waals surface area contributed by atoms with Gasteiger partial charge in [-0.2, -0.15) is 0 Å². The largest absolute Gasteiger partial charge is 0.382 e. The predicted molar refractivity (Wildman–Crippen MR) is 61.2 cm³/mol. The molecule has 0 heterocycles. The Bertz CT molecular complexity index is 378. The lowest BCUT2D eigenvalue weighted by Gasteiger charge is -2.21. The van der Waals surface area contributed by atoms with Gasteiger partial charge in [-0.25, -0.2) is 0 Å². The third-order valence-corrected chi connectivity index (χ3v) is 3.03. The minimum atomic E-state index is -1.25. The van der Waals surface area contributed by atoms with Crippen molar-refractivity contribution < 1.29 is 9.90 Å². The fourth-order valence-corrected chi connectivity index (χ4v) is 1.45. The van der Waals surface area contributed by atoms with Crippen molar-refractivity contribution in [3.63, 3.8) is 0 Å². The van der Waals surface area contributed by atoms with E-state index < -0.39 is 5.60 Å². The van der Waals surface area contributed by atoms with Crippen LogP contribution in [0, 0.1) is 13.8 Å². The molecule has 0 aromatic heterocycles. The summed E-state index contributed by atoms with van der Waals surface area (Å²) >= 11 is 0. The van der Waals surface area contributed by atoms with Gasteiger partial charge in [-0.3, -0.25) is 4.79 Å². The molecule has 0 aliphatic rings. The van der Waals surface area contributed by atoms with E-state index in [1.54, 1.807) is 13.0 Å². The van der Waals surface area contributed by atoms with E-state index in [1.807, 2.05) is 32.9 Å². The molecule has 0 amide bonds. The zero-order valence-corrected chi connectivity index (χ0v) is 9.79. The van der Waals surface area contributed by atoms with Crippen molar-refractivity contribution in [2.24, 2.45) is 0 Å². The van der Waals surface area contributed by atoms with E-state index in [-0.39, 0.29) is 5.78 Å². The zero-order chi connectivity index (χ0) is 11.6. The van der Waals surface area contributed by atoms with E-state index >= 15 is 0 Å². The number of aryl methyl sites for hydroxylation is 1. The second-order valence-electron chi connectivity index (χ2n) is 4.20.